The van der Waals surface area contributed by atoms with E-state index in [1.165, 1.54) is 12.1 Å². The predicted molar refractivity (Wildman–Crippen MR) is 53.2 cm³/mol. The van der Waals surface area contributed by atoms with Crippen molar-refractivity contribution in [2.75, 3.05) is 0 Å². The highest BCUT2D eigenvalue weighted by atomic mass is 35.5. The summed E-state index contributed by atoms with van der Waals surface area (Å²) in [6, 6.07) is 6.03. The van der Waals surface area contributed by atoms with Gasteiger partial charge in [0.1, 0.15) is 5.82 Å². The van der Waals surface area contributed by atoms with Crippen LogP contribution in [0.3, 0.4) is 0 Å². The average molecular weight is 204 g/mol. The molecule has 0 atom stereocenters. The minimum atomic E-state index is -0.261. The van der Waals surface area contributed by atoms with Crippen LogP contribution >= 0.6 is 12.4 Å². The average Bonchev–Trinajstić information content (AvgIpc) is 2.03. The minimum absolute atomic E-state index is 0. The second-order valence-electron chi connectivity index (χ2n) is 2.37. The molecule has 0 saturated carbocycles. The van der Waals surface area contributed by atoms with Gasteiger partial charge >= 0.3 is 0 Å². The number of benzene rings is 1. The van der Waals surface area contributed by atoms with Crippen LogP contribution in [0.1, 0.15) is 5.56 Å². The van der Waals surface area contributed by atoms with Gasteiger partial charge in [-0.15, -0.1) is 12.4 Å². The number of halogens is 2. The summed E-state index contributed by atoms with van der Waals surface area (Å²) in [6.07, 6.45) is 0. The third-order valence-corrected chi connectivity index (χ3v) is 1.36. The number of nitrogens with zero attached hydrogens (tertiary/aromatic N) is 1. The Morgan fingerprint density at radius 2 is 1.77 bits per heavy atom. The number of hydrogen-bond donors (Lipinski definition) is 2. The van der Waals surface area contributed by atoms with E-state index >= 15 is 0 Å². The summed E-state index contributed by atoms with van der Waals surface area (Å²) in [4.78, 5) is 3.77. The van der Waals surface area contributed by atoms with Crippen LogP contribution in [0.2, 0.25) is 0 Å². The molecule has 1 rings (SSSR count). The van der Waals surface area contributed by atoms with Gasteiger partial charge < -0.3 is 11.5 Å². The maximum absolute atomic E-state index is 12.4. The second kappa shape index (κ2) is 5.37. The lowest BCUT2D eigenvalue weighted by Crippen LogP contribution is -2.22. The smallest absolute Gasteiger partial charge is 0.186 e. The Bertz CT molecular complexity index is 280. The van der Waals surface area contributed by atoms with E-state index in [2.05, 4.69) is 4.99 Å². The highest BCUT2D eigenvalue weighted by Gasteiger charge is 1.91. The van der Waals surface area contributed by atoms with E-state index in [1.807, 2.05) is 0 Å². The molecule has 3 nitrogen and oxygen atoms in total. The molecule has 0 amide bonds. The Labute approximate surface area is 82.1 Å². The SMILES string of the molecule is Cl.NC(N)=NCc1ccc(F)cc1. The van der Waals surface area contributed by atoms with Crippen LogP contribution in [0.25, 0.3) is 0 Å². The summed E-state index contributed by atoms with van der Waals surface area (Å²) in [6.45, 7) is 0.391. The molecule has 0 aliphatic carbocycles. The number of aliphatic imine (C=N–C) groups is 1. The lowest BCUT2D eigenvalue weighted by molar-refractivity contribution is 0.627. The number of guanidine groups is 1. The molecule has 0 radical (unpaired) electrons. The van der Waals surface area contributed by atoms with Gasteiger partial charge in [0.2, 0.25) is 0 Å². The monoisotopic (exact) mass is 203 g/mol. The van der Waals surface area contributed by atoms with Crippen molar-refractivity contribution in [3.05, 3.63) is 35.6 Å². The van der Waals surface area contributed by atoms with Gasteiger partial charge in [-0.1, -0.05) is 12.1 Å². The molecule has 13 heavy (non-hydrogen) atoms. The van der Waals surface area contributed by atoms with Crippen molar-refractivity contribution in [3.8, 4) is 0 Å². The normalized spacial score (nSPS) is 8.69. The molecule has 0 fully saturated rings. The lowest BCUT2D eigenvalue weighted by Gasteiger charge is -1.95. The van der Waals surface area contributed by atoms with Crippen molar-refractivity contribution in [1.82, 2.24) is 0 Å². The Morgan fingerprint density at radius 1 is 1.23 bits per heavy atom. The van der Waals surface area contributed by atoms with Gasteiger partial charge in [-0.05, 0) is 17.7 Å². The van der Waals surface area contributed by atoms with Gasteiger partial charge in [0.15, 0.2) is 5.96 Å². The quantitative estimate of drug-likeness (QED) is 0.557. The second-order valence-corrected chi connectivity index (χ2v) is 2.37. The zero-order valence-corrected chi connectivity index (χ0v) is 7.72. The molecule has 0 saturated heterocycles. The zero-order chi connectivity index (χ0) is 8.97. The topological polar surface area (TPSA) is 64.4 Å². The van der Waals surface area contributed by atoms with Gasteiger partial charge in [-0.2, -0.15) is 0 Å². The fraction of sp³-hybridized carbons (Fsp3) is 0.125. The third kappa shape index (κ3) is 4.32. The van der Waals surface area contributed by atoms with E-state index in [-0.39, 0.29) is 24.2 Å². The van der Waals surface area contributed by atoms with Crippen LogP contribution in [0, 0.1) is 5.82 Å². The fourth-order valence-electron chi connectivity index (χ4n) is 0.772. The molecule has 0 unspecified atom stereocenters. The van der Waals surface area contributed by atoms with Crippen molar-refractivity contribution in [1.29, 1.82) is 0 Å². The standard InChI is InChI=1S/C8H10FN3.ClH/c9-7-3-1-6(2-4-7)5-12-8(10)11;/h1-4H,5H2,(H4,10,11,12);1H. The first-order valence-electron chi connectivity index (χ1n) is 3.48. The Kier molecular flexibility index (Phi) is 4.84. The molecule has 0 heterocycles. The van der Waals surface area contributed by atoms with E-state index < -0.39 is 0 Å². The molecule has 1 aromatic rings. The molecule has 4 N–H and O–H groups in total. The van der Waals surface area contributed by atoms with Crippen molar-refractivity contribution >= 4 is 18.4 Å². The summed E-state index contributed by atoms with van der Waals surface area (Å²) in [5.74, 6) is -0.220. The fourth-order valence-corrected chi connectivity index (χ4v) is 0.772. The van der Waals surface area contributed by atoms with Gasteiger partial charge in [-0.25, -0.2) is 9.38 Å². The molecule has 5 heteroatoms. The summed E-state index contributed by atoms with van der Waals surface area (Å²) in [5, 5.41) is 0. The van der Waals surface area contributed by atoms with E-state index in [9.17, 15) is 4.39 Å². The predicted octanol–water partition coefficient (Wildman–Crippen LogP) is 1.02. The van der Waals surface area contributed by atoms with Crippen LogP contribution in [-0.2, 0) is 6.54 Å². The number of hydrogen-bond acceptors (Lipinski definition) is 1. The molecule has 0 aliphatic rings. The van der Waals surface area contributed by atoms with Gasteiger partial charge in [0, 0.05) is 0 Å². The molecule has 72 valence electrons. The Balaban J connectivity index is 0.00000144. The van der Waals surface area contributed by atoms with Crippen LogP contribution in [0.4, 0.5) is 4.39 Å². The first kappa shape index (κ1) is 11.7. The molecule has 1 aromatic carbocycles. The number of nitrogens with two attached hydrogens (primary N) is 2. The van der Waals surface area contributed by atoms with Crippen molar-refractivity contribution in [2.24, 2.45) is 16.5 Å². The largest absolute Gasteiger partial charge is 0.370 e. The highest BCUT2D eigenvalue weighted by molar-refractivity contribution is 5.85. The maximum atomic E-state index is 12.4. The maximum Gasteiger partial charge on any atom is 0.186 e. The van der Waals surface area contributed by atoms with E-state index in [1.54, 1.807) is 12.1 Å². The molecular formula is C8H11ClFN3. The lowest BCUT2D eigenvalue weighted by atomic mass is 10.2. The molecule has 0 bridgehead atoms. The van der Waals surface area contributed by atoms with Crippen LogP contribution in [0.15, 0.2) is 29.3 Å². The van der Waals surface area contributed by atoms with E-state index in [0.717, 1.165) is 5.56 Å². The van der Waals surface area contributed by atoms with E-state index in [0.29, 0.717) is 6.54 Å². The first-order valence-corrected chi connectivity index (χ1v) is 3.48. The molecule has 0 aromatic heterocycles. The van der Waals surface area contributed by atoms with Crippen LogP contribution in [0.5, 0.6) is 0 Å². The zero-order valence-electron chi connectivity index (χ0n) is 6.90. The van der Waals surface area contributed by atoms with Crippen molar-refractivity contribution in [2.45, 2.75) is 6.54 Å². The first-order chi connectivity index (χ1) is 5.68. The third-order valence-electron chi connectivity index (χ3n) is 1.36. The van der Waals surface area contributed by atoms with Gasteiger partial charge in [0.05, 0.1) is 6.54 Å². The van der Waals surface area contributed by atoms with Crippen molar-refractivity contribution in [3.63, 3.8) is 0 Å². The van der Waals surface area contributed by atoms with Gasteiger partial charge in [0.25, 0.3) is 0 Å². The van der Waals surface area contributed by atoms with Crippen LogP contribution in [-0.4, -0.2) is 5.96 Å². The van der Waals surface area contributed by atoms with E-state index in [4.69, 9.17) is 11.5 Å². The molecule has 0 aliphatic heterocycles. The van der Waals surface area contributed by atoms with Crippen LogP contribution < -0.4 is 11.5 Å². The minimum Gasteiger partial charge on any atom is -0.370 e. The number of rotatable bonds is 2. The van der Waals surface area contributed by atoms with Gasteiger partial charge in [-0.3, -0.25) is 0 Å². The summed E-state index contributed by atoms with van der Waals surface area (Å²) >= 11 is 0. The Morgan fingerprint density at radius 3 is 2.23 bits per heavy atom. The van der Waals surface area contributed by atoms with Crippen molar-refractivity contribution < 1.29 is 4.39 Å². The summed E-state index contributed by atoms with van der Waals surface area (Å²) in [7, 11) is 0. The highest BCUT2D eigenvalue weighted by Crippen LogP contribution is 2.03. The molecular weight excluding hydrogens is 193 g/mol. The summed E-state index contributed by atoms with van der Waals surface area (Å²) < 4.78 is 12.4. The Hall–Kier alpha value is -1.29. The summed E-state index contributed by atoms with van der Waals surface area (Å²) in [5.41, 5.74) is 11.1. The molecule has 0 spiro atoms.